The van der Waals surface area contributed by atoms with Crippen molar-refractivity contribution in [3.05, 3.63) is 82.5 Å². The van der Waals surface area contributed by atoms with Crippen LogP contribution in [0, 0.1) is 11.6 Å². The van der Waals surface area contributed by atoms with Gasteiger partial charge in [-0.2, -0.15) is 0 Å². The zero-order valence-corrected chi connectivity index (χ0v) is 15.0. The lowest BCUT2D eigenvalue weighted by Crippen LogP contribution is -2.09. The molecule has 28 heavy (non-hydrogen) atoms. The van der Waals surface area contributed by atoms with E-state index in [1.165, 1.54) is 34.9 Å². The lowest BCUT2D eigenvalue weighted by atomic mass is 10.1. The minimum Gasteiger partial charge on any atom is -0.487 e. The topological polar surface area (TPSA) is 44.1 Å². The highest BCUT2D eigenvalue weighted by molar-refractivity contribution is 6.30. The molecule has 0 amide bonds. The van der Waals surface area contributed by atoms with Gasteiger partial charge in [-0.05, 0) is 42.5 Å². The number of nitrogens with zero attached hydrogens (tertiary/aromatic N) is 2. The van der Waals surface area contributed by atoms with Crippen molar-refractivity contribution in [3.8, 4) is 17.1 Å². The summed E-state index contributed by atoms with van der Waals surface area (Å²) in [5.41, 5.74) is 2.08. The summed E-state index contributed by atoms with van der Waals surface area (Å²) < 4.78 is 35.4. The Morgan fingerprint density at radius 1 is 1.11 bits per heavy atom. The first-order chi connectivity index (χ1) is 13.5. The van der Waals surface area contributed by atoms with E-state index in [2.05, 4.69) is 4.98 Å². The first kappa shape index (κ1) is 16.9. The lowest BCUT2D eigenvalue weighted by molar-refractivity contribution is 0.0965. The van der Waals surface area contributed by atoms with Crippen LogP contribution >= 0.6 is 11.6 Å². The molecule has 0 fully saturated rings. The van der Waals surface area contributed by atoms with Crippen molar-refractivity contribution in [2.24, 2.45) is 0 Å². The zero-order chi connectivity index (χ0) is 19.4. The van der Waals surface area contributed by atoms with Gasteiger partial charge in [0, 0.05) is 22.2 Å². The summed E-state index contributed by atoms with van der Waals surface area (Å²) >= 11 is 5.79. The number of fused-ring (bicyclic) bond motifs is 4. The molecular formula is C21H11ClF2N2O2. The van der Waals surface area contributed by atoms with Crippen molar-refractivity contribution in [2.45, 2.75) is 6.61 Å². The number of carbonyl (C=O) groups excluding carboxylic acids is 1. The standard InChI is InChI=1S/C21H11ClF2N2O2/c22-12-4-3-11(15(24)8-12)10-28-20-14-9-13(23)5-6-16(14)25-19-17-2-1-7-26(17)21(27)18(19)20/h1-9H,10H2. The molecule has 5 rings (SSSR count). The first-order valence-corrected chi connectivity index (χ1v) is 8.83. The summed E-state index contributed by atoms with van der Waals surface area (Å²) in [6.45, 7) is -0.146. The second kappa shape index (κ2) is 6.14. The fourth-order valence-electron chi connectivity index (χ4n) is 3.40. The number of hydrogen-bond donors (Lipinski definition) is 0. The van der Waals surface area contributed by atoms with Gasteiger partial charge in [0.05, 0.1) is 11.2 Å². The van der Waals surface area contributed by atoms with Crippen molar-refractivity contribution in [2.75, 3.05) is 0 Å². The van der Waals surface area contributed by atoms with Crippen LogP contribution in [0.4, 0.5) is 8.78 Å². The van der Waals surface area contributed by atoms with Crippen LogP contribution in [0.1, 0.15) is 15.9 Å². The van der Waals surface area contributed by atoms with Gasteiger partial charge in [0.15, 0.2) is 0 Å². The number of carbonyl (C=O) groups is 1. The first-order valence-electron chi connectivity index (χ1n) is 8.45. The molecule has 7 heteroatoms. The highest BCUT2D eigenvalue weighted by Crippen LogP contribution is 2.41. The summed E-state index contributed by atoms with van der Waals surface area (Å²) in [5, 5.41) is 0.625. The van der Waals surface area contributed by atoms with Crippen molar-refractivity contribution >= 4 is 28.4 Å². The molecular weight excluding hydrogens is 386 g/mol. The van der Waals surface area contributed by atoms with Crippen molar-refractivity contribution in [1.29, 1.82) is 0 Å². The van der Waals surface area contributed by atoms with Crippen LogP contribution in [0.15, 0.2) is 54.7 Å². The number of pyridine rings is 1. The monoisotopic (exact) mass is 396 g/mol. The van der Waals surface area contributed by atoms with E-state index in [9.17, 15) is 13.6 Å². The maximum absolute atomic E-state index is 14.1. The van der Waals surface area contributed by atoms with E-state index in [1.54, 1.807) is 24.4 Å². The Balaban J connectivity index is 1.68. The van der Waals surface area contributed by atoms with E-state index in [0.717, 1.165) is 0 Å². The van der Waals surface area contributed by atoms with Crippen molar-refractivity contribution in [1.82, 2.24) is 9.55 Å². The number of aromatic nitrogens is 2. The van der Waals surface area contributed by atoms with E-state index < -0.39 is 11.6 Å². The van der Waals surface area contributed by atoms with Gasteiger partial charge in [0.25, 0.3) is 5.91 Å². The molecule has 0 unspecified atom stereocenters. The molecule has 0 N–H and O–H groups in total. The third-order valence-corrected chi connectivity index (χ3v) is 4.95. The van der Waals surface area contributed by atoms with Crippen LogP contribution in [0.5, 0.6) is 5.75 Å². The molecule has 0 bridgehead atoms. The van der Waals surface area contributed by atoms with Crippen molar-refractivity contribution in [3.63, 3.8) is 0 Å². The molecule has 4 aromatic rings. The van der Waals surface area contributed by atoms with E-state index >= 15 is 0 Å². The summed E-state index contributed by atoms with van der Waals surface area (Å²) in [6, 6.07) is 11.8. The fraction of sp³-hybridized carbons (Fsp3) is 0.0476. The van der Waals surface area contributed by atoms with Crippen LogP contribution in [0.25, 0.3) is 22.3 Å². The molecule has 2 aromatic heterocycles. The summed E-state index contributed by atoms with van der Waals surface area (Å²) in [6.07, 6.45) is 1.63. The molecule has 0 saturated heterocycles. The van der Waals surface area contributed by atoms with Crippen LogP contribution in [-0.4, -0.2) is 15.5 Å². The quantitative estimate of drug-likeness (QED) is 0.420. The fourth-order valence-corrected chi connectivity index (χ4v) is 3.56. The van der Waals surface area contributed by atoms with Gasteiger partial charge in [-0.25, -0.2) is 13.8 Å². The Labute approximate surface area is 162 Å². The van der Waals surface area contributed by atoms with Gasteiger partial charge < -0.3 is 4.74 Å². The Kier molecular flexibility index (Phi) is 3.70. The Bertz CT molecular complexity index is 1280. The van der Waals surface area contributed by atoms with Crippen LogP contribution < -0.4 is 4.74 Å². The number of rotatable bonds is 3. The highest BCUT2D eigenvalue weighted by atomic mass is 35.5. The summed E-state index contributed by atoms with van der Waals surface area (Å²) in [7, 11) is 0. The molecule has 0 spiro atoms. The molecule has 0 saturated carbocycles. The van der Waals surface area contributed by atoms with Crippen LogP contribution in [0.2, 0.25) is 5.02 Å². The number of hydrogen-bond acceptors (Lipinski definition) is 3. The molecule has 0 aliphatic carbocycles. The third kappa shape index (κ3) is 2.49. The Morgan fingerprint density at radius 3 is 2.79 bits per heavy atom. The number of benzene rings is 2. The summed E-state index contributed by atoms with van der Waals surface area (Å²) in [4.78, 5) is 17.4. The lowest BCUT2D eigenvalue weighted by Gasteiger charge is -2.13. The number of ether oxygens (including phenoxy) is 1. The van der Waals surface area contributed by atoms with Crippen molar-refractivity contribution < 1.29 is 18.3 Å². The largest absolute Gasteiger partial charge is 0.487 e. The second-order valence-electron chi connectivity index (χ2n) is 6.42. The normalized spacial score (nSPS) is 12.3. The number of halogens is 3. The average Bonchev–Trinajstić information content (AvgIpc) is 3.24. The predicted molar refractivity (Wildman–Crippen MR) is 101 cm³/mol. The van der Waals surface area contributed by atoms with Gasteiger partial charge >= 0.3 is 0 Å². The molecule has 3 heterocycles. The van der Waals surface area contributed by atoms with Gasteiger partial charge in [-0.15, -0.1) is 0 Å². The Hall–Kier alpha value is -3.25. The van der Waals surface area contributed by atoms with Gasteiger partial charge in [0.2, 0.25) is 0 Å². The highest BCUT2D eigenvalue weighted by Gasteiger charge is 2.32. The minimum absolute atomic E-state index is 0.146. The minimum atomic E-state index is -0.522. The zero-order valence-electron chi connectivity index (χ0n) is 14.2. The van der Waals surface area contributed by atoms with E-state index in [0.29, 0.717) is 22.3 Å². The van der Waals surface area contributed by atoms with Gasteiger partial charge in [-0.3, -0.25) is 9.36 Å². The summed E-state index contributed by atoms with van der Waals surface area (Å²) in [5.74, 6) is -1.14. The maximum atomic E-state index is 14.1. The molecule has 1 aliphatic rings. The van der Waals surface area contributed by atoms with E-state index in [1.807, 2.05) is 0 Å². The molecule has 1 aliphatic heterocycles. The molecule has 2 aromatic carbocycles. The smallest absolute Gasteiger partial charge is 0.268 e. The molecule has 138 valence electrons. The molecule has 0 atom stereocenters. The Morgan fingerprint density at radius 2 is 1.96 bits per heavy atom. The van der Waals surface area contributed by atoms with Gasteiger partial charge in [0.1, 0.15) is 35.2 Å². The molecule has 4 nitrogen and oxygen atoms in total. The van der Waals surface area contributed by atoms with E-state index in [-0.39, 0.29) is 34.4 Å². The maximum Gasteiger partial charge on any atom is 0.268 e. The SMILES string of the molecule is O=C1c2c(nc3ccc(F)cc3c2OCc2ccc(Cl)cc2F)-c2cccn21. The van der Waals surface area contributed by atoms with E-state index in [4.69, 9.17) is 16.3 Å². The third-order valence-electron chi connectivity index (χ3n) is 4.71. The van der Waals surface area contributed by atoms with Gasteiger partial charge in [-0.1, -0.05) is 17.7 Å². The van der Waals surface area contributed by atoms with Crippen LogP contribution in [-0.2, 0) is 6.61 Å². The molecule has 0 radical (unpaired) electrons. The average molecular weight is 397 g/mol. The predicted octanol–water partition coefficient (Wildman–Crippen LogP) is 5.22. The van der Waals surface area contributed by atoms with Crippen LogP contribution in [0.3, 0.4) is 0 Å². The second-order valence-corrected chi connectivity index (χ2v) is 6.86.